The number of amides is 2. The van der Waals surface area contributed by atoms with Crippen LogP contribution in [0, 0.1) is 5.41 Å². The molecule has 0 rings (SSSR count). The van der Waals surface area contributed by atoms with Gasteiger partial charge in [0.05, 0.1) is 5.75 Å². The number of rotatable bonds is 2. The maximum absolute atomic E-state index is 11.9. The van der Waals surface area contributed by atoms with E-state index in [4.69, 9.17) is 5.41 Å². The Balaban J connectivity index is 4.13. The quantitative estimate of drug-likeness (QED) is 0.589. The van der Waals surface area contributed by atoms with E-state index in [0.29, 0.717) is 0 Å². The lowest BCUT2D eigenvalue weighted by Crippen LogP contribution is -2.43. The fourth-order valence-corrected chi connectivity index (χ4v) is 1.26. The second kappa shape index (κ2) is 5.97. The highest BCUT2D eigenvalue weighted by molar-refractivity contribution is 8.13. The number of carbonyl (C=O) groups is 1. The van der Waals surface area contributed by atoms with Crippen LogP contribution in [0.1, 0.15) is 13.8 Å². The van der Waals surface area contributed by atoms with Crippen molar-refractivity contribution in [2.45, 2.75) is 26.1 Å². The third-order valence-electron chi connectivity index (χ3n) is 1.39. The molecule has 0 fully saturated rings. The second-order valence-corrected chi connectivity index (χ2v) is 4.34. The Kier molecular flexibility index (Phi) is 5.63. The van der Waals surface area contributed by atoms with Gasteiger partial charge in [-0.25, -0.2) is 4.79 Å². The Labute approximate surface area is 96.1 Å². The fraction of sp³-hybridized carbons (Fsp3) is 0.750. The molecular formula is C8H14F3N3OS. The number of nitrogens with one attached hydrogen (secondary N) is 2. The zero-order valence-electron chi connectivity index (χ0n) is 9.18. The van der Waals surface area contributed by atoms with E-state index in [2.05, 4.69) is 5.32 Å². The molecule has 94 valence electrons. The molecule has 0 aliphatic heterocycles. The van der Waals surface area contributed by atoms with Crippen LogP contribution in [-0.4, -0.2) is 41.1 Å². The molecular weight excluding hydrogens is 243 g/mol. The van der Waals surface area contributed by atoms with Crippen molar-refractivity contribution >= 4 is 23.0 Å². The molecule has 0 radical (unpaired) electrons. The van der Waals surface area contributed by atoms with Crippen molar-refractivity contribution in [1.82, 2.24) is 10.2 Å². The molecule has 0 saturated carbocycles. The Bertz CT molecular complexity index is 268. The molecule has 8 heteroatoms. The van der Waals surface area contributed by atoms with Crippen molar-refractivity contribution in [3.8, 4) is 0 Å². The summed E-state index contributed by atoms with van der Waals surface area (Å²) in [5, 5.41) is 9.31. The highest BCUT2D eigenvalue weighted by atomic mass is 32.2. The van der Waals surface area contributed by atoms with Gasteiger partial charge >= 0.3 is 12.2 Å². The van der Waals surface area contributed by atoms with Gasteiger partial charge in [0, 0.05) is 13.1 Å². The number of alkyl halides is 3. The standard InChI is InChI=1S/C8H14F3N3OS/c1-5(2)13-7(15)14(3)6(12)16-4-8(9,10)11/h5,12H,4H2,1-3H3,(H,13,15). The van der Waals surface area contributed by atoms with Crippen molar-refractivity contribution in [2.75, 3.05) is 12.8 Å². The number of hydrogen-bond donors (Lipinski definition) is 2. The van der Waals surface area contributed by atoms with E-state index < -0.39 is 23.1 Å². The van der Waals surface area contributed by atoms with Crippen molar-refractivity contribution in [3.63, 3.8) is 0 Å². The monoisotopic (exact) mass is 257 g/mol. The van der Waals surface area contributed by atoms with E-state index in [9.17, 15) is 18.0 Å². The first-order chi connectivity index (χ1) is 7.13. The SMILES string of the molecule is CC(C)NC(=O)N(C)C(=N)SCC(F)(F)F. The summed E-state index contributed by atoms with van der Waals surface area (Å²) < 4.78 is 35.6. The first-order valence-corrected chi connectivity index (χ1v) is 5.44. The second-order valence-electron chi connectivity index (χ2n) is 3.37. The minimum Gasteiger partial charge on any atom is -0.335 e. The lowest BCUT2D eigenvalue weighted by atomic mass is 10.4. The number of urea groups is 1. The van der Waals surface area contributed by atoms with E-state index >= 15 is 0 Å². The number of amidine groups is 1. The number of carbonyl (C=O) groups excluding carboxylic acids is 1. The summed E-state index contributed by atoms with van der Waals surface area (Å²) in [7, 11) is 1.25. The summed E-state index contributed by atoms with van der Waals surface area (Å²) in [5.41, 5.74) is 0. The van der Waals surface area contributed by atoms with Crippen LogP contribution in [0.25, 0.3) is 0 Å². The van der Waals surface area contributed by atoms with Crippen LogP contribution in [0.3, 0.4) is 0 Å². The van der Waals surface area contributed by atoms with Crippen molar-refractivity contribution in [3.05, 3.63) is 0 Å². The maximum Gasteiger partial charge on any atom is 0.398 e. The molecule has 0 aromatic carbocycles. The van der Waals surface area contributed by atoms with Gasteiger partial charge in [0.1, 0.15) is 0 Å². The Morgan fingerprint density at radius 1 is 1.50 bits per heavy atom. The van der Waals surface area contributed by atoms with Crippen molar-refractivity contribution < 1.29 is 18.0 Å². The van der Waals surface area contributed by atoms with E-state index in [1.807, 2.05) is 0 Å². The van der Waals surface area contributed by atoms with Gasteiger partial charge in [-0.2, -0.15) is 13.2 Å². The summed E-state index contributed by atoms with van der Waals surface area (Å²) in [5.74, 6) is -1.18. The predicted octanol–water partition coefficient (Wildman–Crippen LogP) is 2.27. The van der Waals surface area contributed by atoms with Crippen LogP contribution in [0.2, 0.25) is 0 Å². The predicted molar refractivity (Wildman–Crippen MR) is 57.7 cm³/mol. The van der Waals surface area contributed by atoms with Crippen LogP contribution < -0.4 is 5.32 Å². The van der Waals surface area contributed by atoms with Gasteiger partial charge in [0.25, 0.3) is 0 Å². The maximum atomic E-state index is 11.9. The average Bonchev–Trinajstić information content (AvgIpc) is 2.10. The van der Waals surface area contributed by atoms with E-state index in [1.54, 1.807) is 13.8 Å². The van der Waals surface area contributed by atoms with Crippen LogP contribution >= 0.6 is 11.8 Å². The largest absolute Gasteiger partial charge is 0.398 e. The highest BCUT2D eigenvalue weighted by Gasteiger charge is 2.29. The molecule has 2 N–H and O–H groups in total. The molecule has 0 saturated heterocycles. The normalized spacial score (nSPS) is 11.4. The molecule has 0 unspecified atom stereocenters. The van der Waals surface area contributed by atoms with Crippen LogP contribution in [0.5, 0.6) is 0 Å². The van der Waals surface area contributed by atoms with Gasteiger partial charge in [-0.15, -0.1) is 0 Å². The van der Waals surface area contributed by atoms with Gasteiger partial charge in [0.2, 0.25) is 0 Å². The van der Waals surface area contributed by atoms with Gasteiger partial charge in [-0.05, 0) is 13.8 Å². The molecule has 0 spiro atoms. The first kappa shape index (κ1) is 15.1. The molecule has 0 aromatic heterocycles. The number of thioether (sulfide) groups is 1. The minimum atomic E-state index is -4.34. The highest BCUT2D eigenvalue weighted by Crippen LogP contribution is 2.22. The zero-order valence-corrected chi connectivity index (χ0v) is 10.00. The van der Waals surface area contributed by atoms with E-state index in [-0.39, 0.29) is 17.8 Å². The number of nitrogens with zero attached hydrogens (tertiary/aromatic N) is 1. The molecule has 0 aliphatic rings. The lowest BCUT2D eigenvalue weighted by molar-refractivity contribution is -0.105. The van der Waals surface area contributed by atoms with Crippen molar-refractivity contribution in [2.24, 2.45) is 0 Å². The van der Waals surface area contributed by atoms with Gasteiger partial charge in [-0.1, -0.05) is 11.8 Å². The van der Waals surface area contributed by atoms with Crippen LogP contribution in [0.15, 0.2) is 0 Å². The molecule has 4 nitrogen and oxygen atoms in total. The average molecular weight is 257 g/mol. The first-order valence-electron chi connectivity index (χ1n) is 4.46. The summed E-state index contributed by atoms with van der Waals surface area (Å²) >= 11 is 0.270. The molecule has 2 amide bonds. The minimum absolute atomic E-state index is 0.129. The molecule has 16 heavy (non-hydrogen) atoms. The third kappa shape index (κ3) is 6.54. The van der Waals surface area contributed by atoms with Crippen molar-refractivity contribution in [1.29, 1.82) is 5.41 Å². The smallest absolute Gasteiger partial charge is 0.335 e. The van der Waals surface area contributed by atoms with Gasteiger partial charge in [-0.3, -0.25) is 10.3 Å². The van der Waals surface area contributed by atoms with Crippen LogP contribution in [0.4, 0.5) is 18.0 Å². The molecule has 0 aromatic rings. The summed E-state index contributed by atoms with van der Waals surface area (Å²) in [4.78, 5) is 12.1. The number of hydrogen-bond acceptors (Lipinski definition) is 3. The van der Waals surface area contributed by atoms with Gasteiger partial charge < -0.3 is 5.32 Å². The zero-order chi connectivity index (χ0) is 12.9. The molecule has 0 atom stereocenters. The molecule has 0 heterocycles. The molecule has 0 aliphatic carbocycles. The Morgan fingerprint density at radius 2 is 2.00 bits per heavy atom. The fourth-order valence-electron chi connectivity index (χ4n) is 0.683. The topological polar surface area (TPSA) is 56.2 Å². The van der Waals surface area contributed by atoms with Gasteiger partial charge in [0.15, 0.2) is 5.17 Å². The van der Waals surface area contributed by atoms with E-state index in [1.165, 1.54) is 7.05 Å². The Morgan fingerprint density at radius 3 is 2.38 bits per heavy atom. The van der Waals surface area contributed by atoms with E-state index in [0.717, 1.165) is 4.90 Å². The number of halogens is 3. The summed E-state index contributed by atoms with van der Waals surface area (Å²) in [6.45, 7) is 3.44. The van der Waals surface area contributed by atoms with Crippen LogP contribution in [-0.2, 0) is 0 Å². The lowest BCUT2D eigenvalue weighted by Gasteiger charge is -2.19. The summed E-state index contributed by atoms with van der Waals surface area (Å²) in [6, 6.07) is -0.718. The third-order valence-corrected chi connectivity index (χ3v) is 2.41. The molecule has 0 bridgehead atoms. The summed E-state index contributed by atoms with van der Waals surface area (Å²) in [6.07, 6.45) is -4.34. The Hall–Kier alpha value is -0.920.